The second kappa shape index (κ2) is 6.05. The topological polar surface area (TPSA) is 72.7 Å². The van der Waals surface area contributed by atoms with Crippen LogP contribution in [-0.4, -0.2) is 25.7 Å². The lowest BCUT2D eigenvalue weighted by molar-refractivity contribution is -0.117. The van der Waals surface area contributed by atoms with Gasteiger partial charge in [-0.25, -0.2) is 14.6 Å². The van der Waals surface area contributed by atoms with Gasteiger partial charge in [0.2, 0.25) is 5.91 Å². The fourth-order valence-corrected chi connectivity index (χ4v) is 2.95. The maximum atomic E-state index is 12.4. The number of nitrogens with one attached hydrogen (secondary N) is 1. The van der Waals surface area contributed by atoms with E-state index in [4.69, 9.17) is 11.6 Å². The summed E-state index contributed by atoms with van der Waals surface area (Å²) in [5.41, 5.74) is 1.78. The number of amides is 1. The SMILES string of the molecule is O=C(Nc1ccc(-n2cncn2)nc1)[C@H]1C[C@@H]1c1cccc(Cl)c1. The standard InChI is InChI=1S/C17H14ClN5O/c18-12-3-1-2-11(6-12)14-7-15(14)17(24)22-13-4-5-16(20-8-13)23-10-19-9-21-23/h1-6,8-10,14-15H,7H2,(H,22,24)/t14-,15+/m1/s1. The molecule has 2 atom stereocenters. The van der Waals surface area contributed by atoms with E-state index in [1.54, 1.807) is 29.3 Å². The molecule has 0 radical (unpaired) electrons. The highest BCUT2D eigenvalue weighted by Crippen LogP contribution is 2.48. The Bertz CT molecular complexity index is 863. The van der Waals surface area contributed by atoms with Gasteiger partial charge in [0.15, 0.2) is 5.82 Å². The summed E-state index contributed by atoms with van der Waals surface area (Å²) in [6, 6.07) is 11.3. The summed E-state index contributed by atoms with van der Waals surface area (Å²) in [5, 5.41) is 7.62. The Morgan fingerprint density at radius 3 is 2.92 bits per heavy atom. The van der Waals surface area contributed by atoms with E-state index >= 15 is 0 Å². The molecule has 1 N–H and O–H groups in total. The van der Waals surface area contributed by atoms with Gasteiger partial charge in [-0.05, 0) is 42.2 Å². The molecule has 1 aliphatic rings. The average molecular weight is 340 g/mol. The van der Waals surface area contributed by atoms with Crippen LogP contribution >= 0.6 is 11.6 Å². The van der Waals surface area contributed by atoms with Crippen LogP contribution in [0, 0.1) is 5.92 Å². The molecule has 0 saturated heterocycles. The van der Waals surface area contributed by atoms with Crippen molar-refractivity contribution in [2.45, 2.75) is 12.3 Å². The first-order valence-electron chi connectivity index (χ1n) is 7.58. The van der Waals surface area contributed by atoms with Crippen molar-refractivity contribution >= 4 is 23.2 Å². The summed E-state index contributed by atoms with van der Waals surface area (Å²) in [5.74, 6) is 0.883. The Morgan fingerprint density at radius 1 is 1.29 bits per heavy atom. The second-order valence-corrected chi connectivity index (χ2v) is 6.17. The molecule has 1 amide bonds. The highest BCUT2D eigenvalue weighted by molar-refractivity contribution is 6.30. The van der Waals surface area contributed by atoms with Gasteiger partial charge in [0.05, 0.1) is 11.9 Å². The number of carbonyl (C=O) groups excluding carboxylic acids is 1. The van der Waals surface area contributed by atoms with Crippen LogP contribution in [0.5, 0.6) is 0 Å². The smallest absolute Gasteiger partial charge is 0.228 e. The lowest BCUT2D eigenvalue weighted by Crippen LogP contribution is -2.15. The van der Waals surface area contributed by atoms with Crippen LogP contribution in [-0.2, 0) is 4.79 Å². The second-order valence-electron chi connectivity index (χ2n) is 5.74. The first-order valence-corrected chi connectivity index (χ1v) is 7.96. The molecule has 2 aromatic heterocycles. The van der Waals surface area contributed by atoms with Gasteiger partial charge < -0.3 is 5.32 Å². The molecule has 0 spiro atoms. The number of halogens is 1. The van der Waals surface area contributed by atoms with Crippen molar-refractivity contribution in [3.63, 3.8) is 0 Å². The number of pyridine rings is 1. The Labute approximate surface area is 143 Å². The zero-order chi connectivity index (χ0) is 16.5. The van der Waals surface area contributed by atoms with Crippen LogP contribution < -0.4 is 5.32 Å². The van der Waals surface area contributed by atoms with Crippen LogP contribution in [0.25, 0.3) is 5.82 Å². The molecule has 1 fully saturated rings. The lowest BCUT2D eigenvalue weighted by atomic mass is 10.1. The van der Waals surface area contributed by atoms with Gasteiger partial charge in [-0.15, -0.1) is 0 Å². The van der Waals surface area contributed by atoms with Gasteiger partial charge in [-0.2, -0.15) is 5.10 Å². The first kappa shape index (κ1) is 14.8. The number of nitrogens with zero attached hydrogens (tertiary/aromatic N) is 4. The minimum Gasteiger partial charge on any atom is -0.324 e. The van der Waals surface area contributed by atoms with Gasteiger partial charge in [-0.3, -0.25) is 4.79 Å². The van der Waals surface area contributed by atoms with E-state index in [-0.39, 0.29) is 17.7 Å². The molecule has 120 valence electrons. The molecule has 1 saturated carbocycles. The highest BCUT2D eigenvalue weighted by atomic mass is 35.5. The maximum Gasteiger partial charge on any atom is 0.228 e. The quantitative estimate of drug-likeness (QED) is 0.793. The average Bonchev–Trinajstić information content (AvgIpc) is 3.22. The summed E-state index contributed by atoms with van der Waals surface area (Å²) in [6.45, 7) is 0. The normalized spacial score (nSPS) is 19.0. The third-order valence-electron chi connectivity index (χ3n) is 4.07. The van der Waals surface area contributed by atoms with E-state index in [1.165, 1.54) is 6.33 Å². The first-order chi connectivity index (χ1) is 11.7. The molecular weight excluding hydrogens is 326 g/mol. The Hall–Kier alpha value is -2.73. The van der Waals surface area contributed by atoms with Crippen molar-refractivity contribution in [1.29, 1.82) is 0 Å². The molecule has 3 aromatic rings. The molecule has 0 unspecified atom stereocenters. The van der Waals surface area contributed by atoms with Gasteiger partial charge in [0, 0.05) is 10.9 Å². The molecule has 4 rings (SSSR count). The molecule has 1 aromatic carbocycles. The van der Waals surface area contributed by atoms with Crippen molar-refractivity contribution in [2.75, 3.05) is 5.32 Å². The van der Waals surface area contributed by atoms with E-state index in [9.17, 15) is 4.79 Å². The summed E-state index contributed by atoms with van der Waals surface area (Å²) < 4.78 is 1.56. The molecule has 24 heavy (non-hydrogen) atoms. The van der Waals surface area contributed by atoms with Crippen LogP contribution in [0.2, 0.25) is 5.02 Å². The van der Waals surface area contributed by atoms with Crippen LogP contribution in [0.1, 0.15) is 17.9 Å². The molecule has 0 aliphatic heterocycles. The van der Waals surface area contributed by atoms with Crippen LogP contribution in [0.3, 0.4) is 0 Å². The maximum absolute atomic E-state index is 12.4. The van der Waals surface area contributed by atoms with E-state index in [1.807, 2.05) is 24.3 Å². The van der Waals surface area contributed by atoms with E-state index in [0.717, 1.165) is 12.0 Å². The van der Waals surface area contributed by atoms with Crippen LogP contribution in [0.15, 0.2) is 55.2 Å². The van der Waals surface area contributed by atoms with Crippen molar-refractivity contribution < 1.29 is 4.79 Å². The third-order valence-corrected chi connectivity index (χ3v) is 4.31. The molecule has 1 aliphatic carbocycles. The van der Waals surface area contributed by atoms with Gasteiger partial charge in [0.1, 0.15) is 12.7 Å². The number of anilines is 1. The summed E-state index contributed by atoms with van der Waals surface area (Å²) in [4.78, 5) is 20.5. The minimum atomic E-state index is -0.0153. The monoisotopic (exact) mass is 339 g/mol. The van der Waals surface area contributed by atoms with E-state index in [0.29, 0.717) is 16.5 Å². The third kappa shape index (κ3) is 3.00. The summed E-state index contributed by atoms with van der Waals surface area (Å²) in [6.07, 6.45) is 5.48. The minimum absolute atomic E-state index is 0.00952. The zero-order valence-corrected chi connectivity index (χ0v) is 13.4. The Kier molecular flexibility index (Phi) is 3.74. The van der Waals surface area contributed by atoms with Crippen molar-refractivity contribution in [2.24, 2.45) is 5.92 Å². The molecule has 2 heterocycles. The van der Waals surface area contributed by atoms with Crippen molar-refractivity contribution in [1.82, 2.24) is 19.7 Å². The number of aromatic nitrogens is 4. The van der Waals surface area contributed by atoms with Crippen molar-refractivity contribution in [3.05, 3.63) is 65.8 Å². The zero-order valence-electron chi connectivity index (χ0n) is 12.6. The predicted molar refractivity (Wildman–Crippen MR) is 90.1 cm³/mol. The van der Waals surface area contributed by atoms with Gasteiger partial charge >= 0.3 is 0 Å². The summed E-state index contributed by atoms with van der Waals surface area (Å²) in [7, 11) is 0. The largest absolute Gasteiger partial charge is 0.324 e. The lowest BCUT2D eigenvalue weighted by Gasteiger charge is -2.06. The van der Waals surface area contributed by atoms with Gasteiger partial charge in [-0.1, -0.05) is 23.7 Å². The Morgan fingerprint density at radius 2 is 2.21 bits per heavy atom. The highest BCUT2D eigenvalue weighted by Gasteiger charge is 2.43. The fourth-order valence-electron chi connectivity index (χ4n) is 2.75. The van der Waals surface area contributed by atoms with Gasteiger partial charge in [0.25, 0.3) is 0 Å². The van der Waals surface area contributed by atoms with E-state index in [2.05, 4.69) is 20.4 Å². The molecular formula is C17H14ClN5O. The van der Waals surface area contributed by atoms with Crippen molar-refractivity contribution in [3.8, 4) is 5.82 Å². The molecule has 0 bridgehead atoms. The number of rotatable bonds is 4. The molecule has 6 nitrogen and oxygen atoms in total. The number of carbonyl (C=O) groups is 1. The van der Waals surface area contributed by atoms with E-state index < -0.39 is 0 Å². The predicted octanol–water partition coefficient (Wildman–Crippen LogP) is 3.06. The number of benzene rings is 1. The fraction of sp³-hybridized carbons (Fsp3) is 0.176. The molecule has 7 heteroatoms. The Balaban J connectivity index is 1.40. The summed E-state index contributed by atoms with van der Waals surface area (Å²) >= 11 is 6.01. The number of hydrogen-bond donors (Lipinski definition) is 1. The van der Waals surface area contributed by atoms with Crippen LogP contribution in [0.4, 0.5) is 5.69 Å². The number of hydrogen-bond acceptors (Lipinski definition) is 4.